The van der Waals surface area contributed by atoms with Crippen LogP contribution in [0, 0.1) is 0 Å². The zero-order valence-corrected chi connectivity index (χ0v) is 11.7. The van der Waals surface area contributed by atoms with Crippen LogP contribution in [0.25, 0.3) is 0 Å². The smallest absolute Gasteiger partial charge is 0.244 e. The van der Waals surface area contributed by atoms with Gasteiger partial charge in [0.2, 0.25) is 10.0 Å². The fourth-order valence-electron chi connectivity index (χ4n) is 0.956. The van der Waals surface area contributed by atoms with Crippen LogP contribution >= 0.6 is 15.9 Å². The van der Waals surface area contributed by atoms with Gasteiger partial charge in [-0.1, -0.05) is 0 Å². The summed E-state index contributed by atoms with van der Waals surface area (Å²) in [6.45, 7) is 2.45. The molecule has 96 valence electrons. The van der Waals surface area contributed by atoms with Crippen molar-refractivity contribution >= 4 is 26.0 Å². The van der Waals surface area contributed by atoms with Crippen molar-refractivity contribution in [1.29, 1.82) is 0 Å². The van der Waals surface area contributed by atoms with E-state index in [1.54, 1.807) is 0 Å². The summed E-state index contributed by atoms with van der Waals surface area (Å²) in [5.74, 6) is 0. The second-order valence-electron chi connectivity index (χ2n) is 3.77. The summed E-state index contributed by atoms with van der Waals surface area (Å²) in [6, 6.07) is 1.34. The van der Waals surface area contributed by atoms with E-state index in [4.69, 9.17) is 0 Å². The van der Waals surface area contributed by atoms with E-state index in [2.05, 4.69) is 20.9 Å². The normalized spacial score (nSPS) is 17.5. The van der Waals surface area contributed by atoms with Gasteiger partial charge in [0.05, 0.1) is 6.10 Å². The molecule has 0 spiro atoms. The Morgan fingerprint density at radius 2 is 2.12 bits per heavy atom. The first-order valence-corrected chi connectivity index (χ1v) is 6.98. The number of aliphatic hydroxyl groups is 2. The van der Waals surface area contributed by atoms with Gasteiger partial charge in [-0.15, -0.1) is 0 Å². The Balaban J connectivity index is 3.06. The first kappa shape index (κ1) is 14.5. The van der Waals surface area contributed by atoms with Crippen molar-refractivity contribution in [3.8, 4) is 0 Å². The van der Waals surface area contributed by atoms with Crippen molar-refractivity contribution in [1.82, 2.24) is 9.71 Å². The Hall–Kier alpha value is -0.540. The number of nitrogens with zero attached hydrogens (tertiary/aromatic N) is 1. The molecule has 0 aromatic carbocycles. The van der Waals surface area contributed by atoms with Gasteiger partial charge in [-0.05, 0) is 35.8 Å². The summed E-state index contributed by atoms with van der Waals surface area (Å²) in [5.41, 5.74) is -1.94. The minimum atomic E-state index is -3.94. The maximum Gasteiger partial charge on any atom is 0.244 e. The quantitative estimate of drug-likeness (QED) is 0.688. The molecule has 3 N–H and O–H groups in total. The lowest BCUT2D eigenvalue weighted by Gasteiger charge is -2.27. The van der Waals surface area contributed by atoms with Crippen LogP contribution in [0.3, 0.4) is 0 Å². The first-order valence-electron chi connectivity index (χ1n) is 4.70. The van der Waals surface area contributed by atoms with Crippen LogP contribution in [-0.2, 0) is 10.0 Å². The summed E-state index contributed by atoms with van der Waals surface area (Å²) in [6.07, 6.45) is 1.33. The number of aliphatic hydroxyl groups excluding tert-OH is 1. The van der Waals surface area contributed by atoms with E-state index >= 15 is 0 Å². The molecule has 0 bridgehead atoms. The maximum absolute atomic E-state index is 11.9. The molecular weight excluding hydrogens is 312 g/mol. The number of sulfonamides is 1. The van der Waals surface area contributed by atoms with Gasteiger partial charge < -0.3 is 10.2 Å². The molecule has 6 nitrogen and oxygen atoms in total. The Morgan fingerprint density at radius 3 is 2.59 bits per heavy atom. The largest absolute Gasteiger partial charge is 0.389 e. The highest BCUT2D eigenvalue weighted by molar-refractivity contribution is 9.10. The third kappa shape index (κ3) is 3.71. The monoisotopic (exact) mass is 324 g/mol. The molecule has 0 aliphatic carbocycles. The zero-order valence-electron chi connectivity index (χ0n) is 9.25. The number of hydrogen-bond donors (Lipinski definition) is 3. The van der Waals surface area contributed by atoms with Gasteiger partial charge >= 0.3 is 0 Å². The molecule has 2 unspecified atom stereocenters. The molecule has 1 heterocycles. The Morgan fingerprint density at radius 1 is 1.53 bits per heavy atom. The van der Waals surface area contributed by atoms with Crippen LogP contribution in [0.4, 0.5) is 0 Å². The van der Waals surface area contributed by atoms with Crippen molar-refractivity contribution in [2.75, 3.05) is 0 Å². The number of rotatable bonds is 4. The third-order valence-electron chi connectivity index (χ3n) is 2.14. The number of nitrogens with one attached hydrogen (secondary N) is 1. The molecule has 0 amide bonds. The third-order valence-corrected chi connectivity index (χ3v) is 4.10. The lowest BCUT2D eigenvalue weighted by Crippen LogP contribution is -2.53. The summed E-state index contributed by atoms with van der Waals surface area (Å²) in [5, 5.41) is 18.9. The molecule has 0 saturated heterocycles. The molecular formula is C9H13BrN2O4S. The molecule has 17 heavy (non-hydrogen) atoms. The Labute approximate surface area is 108 Å². The van der Waals surface area contributed by atoms with Gasteiger partial charge in [0.15, 0.2) is 5.72 Å². The molecule has 1 aromatic heterocycles. The van der Waals surface area contributed by atoms with Crippen molar-refractivity contribution < 1.29 is 18.6 Å². The summed E-state index contributed by atoms with van der Waals surface area (Å²) in [4.78, 5) is 3.61. The highest BCUT2D eigenvalue weighted by Gasteiger charge is 2.32. The lowest BCUT2D eigenvalue weighted by molar-refractivity contribution is -0.0600. The molecule has 0 fully saturated rings. The predicted molar refractivity (Wildman–Crippen MR) is 64.6 cm³/mol. The van der Waals surface area contributed by atoms with Gasteiger partial charge in [-0.3, -0.25) is 4.98 Å². The molecule has 0 aliphatic heterocycles. The molecule has 1 aromatic rings. The van der Waals surface area contributed by atoms with Gasteiger partial charge in [0, 0.05) is 16.9 Å². The van der Waals surface area contributed by atoms with E-state index in [1.807, 2.05) is 4.72 Å². The van der Waals surface area contributed by atoms with Crippen molar-refractivity contribution in [2.24, 2.45) is 0 Å². The van der Waals surface area contributed by atoms with E-state index in [1.165, 1.54) is 26.1 Å². The van der Waals surface area contributed by atoms with Crippen molar-refractivity contribution in [2.45, 2.75) is 30.6 Å². The zero-order chi connectivity index (χ0) is 13.3. The summed E-state index contributed by atoms with van der Waals surface area (Å²) < 4.78 is 26.2. The van der Waals surface area contributed by atoms with E-state index in [0.717, 1.165) is 6.20 Å². The second kappa shape index (κ2) is 4.99. The highest BCUT2D eigenvalue weighted by Crippen LogP contribution is 2.17. The van der Waals surface area contributed by atoms with E-state index in [9.17, 15) is 18.6 Å². The van der Waals surface area contributed by atoms with Crippen LogP contribution < -0.4 is 4.72 Å². The second-order valence-corrected chi connectivity index (χ2v) is 6.37. The molecule has 0 radical (unpaired) electrons. The van der Waals surface area contributed by atoms with Gasteiger partial charge in [-0.2, -0.15) is 4.72 Å². The number of hydrogen-bond acceptors (Lipinski definition) is 5. The number of aromatic nitrogens is 1. The van der Waals surface area contributed by atoms with E-state index in [-0.39, 0.29) is 4.90 Å². The van der Waals surface area contributed by atoms with Crippen molar-refractivity contribution in [3.05, 3.63) is 22.9 Å². The predicted octanol–water partition coefficient (Wildman–Crippen LogP) is 0.212. The molecule has 8 heteroatoms. The first-order chi connectivity index (χ1) is 7.65. The fourth-order valence-corrected chi connectivity index (χ4v) is 2.79. The van der Waals surface area contributed by atoms with E-state index < -0.39 is 21.9 Å². The summed E-state index contributed by atoms with van der Waals surface area (Å²) in [7, 11) is -3.94. The van der Waals surface area contributed by atoms with Gasteiger partial charge in [0.25, 0.3) is 0 Å². The maximum atomic E-state index is 11.9. The van der Waals surface area contributed by atoms with Crippen LogP contribution in [0.2, 0.25) is 0 Å². The topological polar surface area (TPSA) is 99.5 Å². The molecule has 0 aliphatic rings. The summed E-state index contributed by atoms with van der Waals surface area (Å²) >= 11 is 3.10. The standard InChI is InChI=1S/C9H13BrN2O4S/c1-6(13)9(2,14)12-17(15,16)8-3-7(10)4-11-5-8/h3-6,12-14H,1-2H3. The highest BCUT2D eigenvalue weighted by atomic mass is 79.9. The number of pyridine rings is 1. The van der Waals surface area contributed by atoms with Gasteiger partial charge in [0.1, 0.15) is 4.90 Å². The number of halogens is 1. The average Bonchev–Trinajstić information content (AvgIpc) is 2.15. The average molecular weight is 325 g/mol. The Bertz CT molecular complexity index is 501. The van der Waals surface area contributed by atoms with Gasteiger partial charge in [-0.25, -0.2) is 8.42 Å². The molecule has 1 rings (SSSR count). The SMILES string of the molecule is CC(O)C(C)(O)NS(=O)(=O)c1cncc(Br)c1. The molecule has 0 saturated carbocycles. The molecule has 2 atom stereocenters. The lowest BCUT2D eigenvalue weighted by atomic mass is 10.2. The van der Waals surface area contributed by atoms with Crippen LogP contribution in [-0.4, -0.2) is 35.4 Å². The minimum Gasteiger partial charge on any atom is -0.389 e. The van der Waals surface area contributed by atoms with Crippen LogP contribution in [0.15, 0.2) is 27.8 Å². The Kier molecular flexibility index (Phi) is 4.26. The van der Waals surface area contributed by atoms with Crippen molar-refractivity contribution in [3.63, 3.8) is 0 Å². The van der Waals surface area contributed by atoms with E-state index in [0.29, 0.717) is 4.47 Å². The fraction of sp³-hybridized carbons (Fsp3) is 0.444. The minimum absolute atomic E-state index is 0.104. The van der Waals surface area contributed by atoms with Crippen LogP contribution in [0.5, 0.6) is 0 Å². The van der Waals surface area contributed by atoms with Crippen LogP contribution in [0.1, 0.15) is 13.8 Å².